The molecule has 0 unspecified atom stereocenters. The molecule has 5 nitrogen and oxygen atoms in total. The monoisotopic (exact) mass is 289 g/mol. The Kier molecular flexibility index (Phi) is 3.41. The van der Waals surface area contributed by atoms with Gasteiger partial charge in [-0.15, -0.1) is 0 Å². The van der Waals surface area contributed by atoms with Crippen LogP contribution < -0.4 is 4.90 Å². The number of nitrogens with zero attached hydrogens (tertiary/aromatic N) is 2. The van der Waals surface area contributed by atoms with Crippen LogP contribution >= 0.6 is 0 Å². The molecule has 1 aliphatic carbocycles. The Bertz CT molecular complexity index is 568. The van der Waals surface area contributed by atoms with Crippen LogP contribution in [0.2, 0.25) is 0 Å². The second-order valence-electron chi connectivity index (χ2n) is 4.57. The van der Waals surface area contributed by atoms with Crippen molar-refractivity contribution >= 4 is 17.3 Å². The van der Waals surface area contributed by atoms with Crippen molar-refractivity contribution in [2.24, 2.45) is 0 Å². The summed E-state index contributed by atoms with van der Waals surface area (Å²) in [5.41, 5.74) is -0.242. The average molecular weight is 289 g/mol. The highest BCUT2D eigenvalue weighted by atomic mass is 19.4. The fraction of sp³-hybridized carbons (Fsp3) is 0.417. The van der Waals surface area contributed by atoms with Gasteiger partial charge in [-0.05, 0) is 25.0 Å². The summed E-state index contributed by atoms with van der Waals surface area (Å²) in [4.78, 5) is 23.3. The number of hydrogen-bond donors (Lipinski definition) is 1. The Morgan fingerprint density at radius 1 is 1.40 bits per heavy atom. The van der Waals surface area contributed by atoms with Gasteiger partial charge in [0, 0.05) is 21.8 Å². The van der Waals surface area contributed by atoms with E-state index in [1.165, 1.54) is 6.07 Å². The molecule has 0 heterocycles. The van der Waals surface area contributed by atoms with E-state index in [9.17, 15) is 28.0 Å². The minimum Gasteiger partial charge on any atom is -0.502 e. The SMILES string of the molecule is C[N+](=O)c1cc(N(C(=O)C(F)(F)F)C2CC2)ccc1O. The van der Waals surface area contributed by atoms with Crippen molar-refractivity contribution in [3.63, 3.8) is 0 Å². The van der Waals surface area contributed by atoms with E-state index < -0.39 is 18.1 Å². The Hall–Kier alpha value is -2.12. The number of hydrogen-bond acceptors (Lipinski definition) is 3. The highest BCUT2D eigenvalue weighted by molar-refractivity contribution is 5.98. The van der Waals surface area contributed by atoms with Gasteiger partial charge in [0.15, 0.2) is 12.8 Å². The third-order valence-electron chi connectivity index (χ3n) is 2.95. The van der Waals surface area contributed by atoms with E-state index in [4.69, 9.17) is 0 Å². The van der Waals surface area contributed by atoms with E-state index in [-0.39, 0.29) is 17.1 Å². The van der Waals surface area contributed by atoms with E-state index in [0.29, 0.717) is 22.5 Å². The number of phenols is 1. The summed E-state index contributed by atoms with van der Waals surface area (Å²) in [5, 5.41) is 9.47. The zero-order valence-corrected chi connectivity index (χ0v) is 10.5. The minimum absolute atomic E-state index is 0.0506. The molecular formula is C12H12F3N2O3+. The predicted molar refractivity (Wildman–Crippen MR) is 63.9 cm³/mol. The average Bonchev–Trinajstić information content (AvgIpc) is 3.14. The molecule has 0 bridgehead atoms. The Labute approximate surface area is 112 Å². The summed E-state index contributed by atoms with van der Waals surface area (Å²) in [6.45, 7) is 0. The van der Waals surface area contributed by atoms with Gasteiger partial charge in [-0.25, -0.2) is 0 Å². The molecule has 1 saturated carbocycles. The van der Waals surface area contributed by atoms with Crippen molar-refractivity contribution in [3.8, 4) is 5.75 Å². The number of rotatable bonds is 3. The van der Waals surface area contributed by atoms with Gasteiger partial charge in [-0.2, -0.15) is 13.2 Å². The minimum atomic E-state index is -4.98. The fourth-order valence-corrected chi connectivity index (χ4v) is 1.88. The molecule has 0 radical (unpaired) electrons. The Balaban J connectivity index is 2.43. The molecule has 1 N–H and O–H groups in total. The lowest BCUT2D eigenvalue weighted by molar-refractivity contribution is -0.429. The van der Waals surface area contributed by atoms with Gasteiger partial charge < -0.3 is 10.0 Å². The van der Waals surface area contributed by atoms with Gasteiger partial charge in [-0.3, -0.25) is 4.79 Å². The Morgan fingerprint density at radius 2 is 2.00 bits per heavy atom. The first-order chi connectivity index (χ1) is 9.21. The van der Waals surface area contributed by atoms with Gasteiger partial charge in [0.1, 0.15) is 0 Å². The normalized spacial score (nSPS) is 15.0. The molecule has 1 amide bonds. The molecule has 1 aromatic carbocycles. The summed E-state index contributed by atoms with van der Waals surface area (Å²) in [5.74, 6) is -2.33. The third kappa shape index (κ3) is 2.73. The first-order valence-corrected chi connectivity index (χ1v) is 5.86. The van der Waals surface area contributed by atoms with Gasteiger partial charge in [0.2, 0.25) is 0 Å². The number of carbonyl (C=O) groups is 1. The van der Waals surface area contributed by atoms with Gasteiger partial charge in [0.25, 0.3) is 5.69 Å². The van der Waals surface area contributed by atoms with Crippen LogP contribution in [0.5, 0.6) is 5.75 Å². The summed E-state index contributed by atoms with van der Waals surface area (Å²) < 4.78 is 38.1. The van der Waals surface area contributed by atoms with Crippen LogP contribution in [0.15, 0.2) is 18.2 Å². The summed E-state index contributed by atoms with van der Waals surface area (Å²) >= 11 is 0. The second kappa shape index (κ2) is 4.77. The molecule has 1 fully saturated rings. The first kappa shape index (κ1) is 14.3. The molecule has 108 valence electrons. The molecule has 1 aromatic rings. The molecule has 0 spiro atoms. The fourth-order valence-electron chi connectivity index (χ4n) is 1.88. The highest BCUT2D eigenvalue weighted by Crippen LogP contribution is 2.38. The van der Waals surface area contributed by atoms with Crippen molar-refractivity contribution in [2.45, 2.75) is 25.1 Å². The molecule has 0 aliphatic heterocycles. The summed E-state index contributed by atoms with van der Waals surface area (Å²) in [6.07, 6.45) is -4.03. The number of benzene rings is 1. The van der Waals surface area contributed by atoms with E-state index in [1.54, 1.807) is 0 Å². The summed E-state index contributed by atoms with van der Waals surface area (Å²) in [6, 6.07) is 2.84. The van der Waals surface area contributed by atoms with Crippen molar-refractivity contribution in [1.29, 1.82) is 0 Å². The van der Waals surface area contributed by atoms with Crippen LogP contribution in [0, 0.1) is 4.91 Å². The number of alkyl halides is 3. The zero-order valence-electron chi connectivity index (χ0n) is 10.5. The van der Waals surface area contributed by atoms with Crippen molar-refractivity contribution in [2.75, 3.05) is 11.9 Å². The largest absolute Gasteiger partial charge is 0.502 e. The van der Waals surface area contributed by atoms with Gasteiger partial charge in [0.05, 0.1) is 5.69 Å². The number of aromatic hydroxyl groups is 1. The topological polar surface area (TPSA) is 60.6 Å². The smallest absolute Gasteiger partial charge is 0.471 e. The van der Waals surface area contributed by atoms with Crippen molar-refractivity contribution in [3.05, 3.63) is 23.1 Å². The zero-order chi connectivity index (χ0) is 15.1. The quantitative estimate of drug-likeness (QED) is 0.870. The maximum Gasteiger partial charge on any atom is 0.471 e. The van der Waals surface area contributed by atoms with Crippen LogP contribution in [-0.4, -0.2) is 35.0 Å². The van der Waals surface area contributed by atoms with Crippen LogP contribution in [0.4, 0.5) is 24.5 Å². The Morgan fingerprint density at radius 3 is 2.45 bits per heavy atom. The molecule has 1 aliphatic rings. The van der Waals surface area contributed by atoms with Crippen LogP contribution in [-0.2, 0) is 4.79 Å². The standard InChI is InChI=1S/C12H11F3N2O3/c1-16(20)9-6-8(4-5-10(9)18)17(7-2-3-7)11(19)12(13,14)15/h4-7H,2-3H2,1H3/p+1. The summed E-state index contributed by atoms with van der Waals surface area (Å²) in [7, 11) is 1.10. The van der Waals surface area contributed by atoms with E-state index in [2.05, 4.69) is 0 Å². The lowest BCUT2D eigenvalue weighted by Gasteiger charge is -2.23. The van der Waals surface area contributed by atoms with Gasteiger partial charge in [-0.1, -0.05) is 0 Å². The number of phenolic OH excluding ortho intramolecular Hbond substituents is 1. The number of carbonyl (C=O) groups excluding carboxylic acids is 1. The molecule has 2 rings (SSSR count). The lowest BCUT2D eigenvalue weighted by atomic mass is 10.2. The molecule has 20 heavy (non-hydrogen) atoms. The van der Waals surface area contributed by atoms with E-state index >= 15 is 0 Å². The van der Waals surface area contributed by atoms with E-state index in [0.717, 1.165) is 19.2 Å². The van der Waals surface area contributed by atoms with Gasteiger partial charge >= 0.3 is 12.1 Å². The second-order valence-corrected chi connectivity index (χ2v) is 4.57. The molecule has 8 heteroatoms. The van der Waals surface area contributed by atoms with Crippen molar-refractivity contribution < 1.29 is 27.8 Å². The lowest BCUT2D eigenvalue weighted by Crippen LogP contribution is -2.42. The number of amides is 1. The molecular weight excluding hydrogens is 277 g/mol. The molecule has 0 saturated heterocycles. The molecule has 0 aromatic heterocycles. The van der Waals surface area contributed by atoms with Crippen LogP contribution in [0.1, 0.15) is 12.8 Å². The van der Waals surface area contributed by atoms with Crippen LogP contribution in [0.3, 0.4) is 0 Å². The highest BCUT2D eigenvalue weighted by Gasteiger charge is 2.48. The van der Waals surface area contributed by atoms with Crippen LogP contribution in [0.25, 0.3) is 0 Å². The first-order valence-electron chi connectivity index (χ1n) is 5.86. The third-order valence-corrected chi connectivity index (χ3v) is 2.95. The maximum absolute atomic E-state index is 12.6. The molecule has 0 atom stereocenters. The number of halogens is 3. The number of nitroso groups, excluding NO2 is 1. The number of anilines is 1. The maximum atomic E-state index is 12.6. The predicted octanol–water partition coefficient (Wildman–Crippen LogP) is 2.49. The van der Waals surface area contributed by atoms with E-state index in [1.807, 2.05) is 0 Å². The van der Waals surface area contributed by atoms with Crippen molar-refractivity contribution in [1.82, 2.24) is 0 Å².